The summed E-state index contributed by atoms with van der Waals surface area (Å²) in [6, 6.07) is 5.23. The fraction of sp³-hybridized carbons (Fsp3) is 0.579. The first-order valence-corrected chi connectivity index (χ1v) is 10.2. The maximum absolute atomic E-state index is 13.7. The molecule has 27 heavy (non-hydrogen) atoms. The fourth-order valence-corrected chi connectivity index (χ4v) is 3.17. The van der Waals surface area contributed by atoms with Gasteiger partial charge in [0.1, 0.15) is 5.82 Å². The molecule has 0 spiro atoms. The third-order valence-electron chi connectivity index (χ3n) is 4.22. The van der Waals surface area contributed by atoms with Gasteiger partial charge in [-0.05, 0) is 54.4 Å². The van der Waals surface area contributed by atoms with Crippen molar-refractivity contribution in [3.8, 4) is 0 Å². The van der Waals surface area contributed by atoms with Crippen molar-refractivity contribution >= 4 is 27.8 Å². The Morgan fingerprint density at radius 3 is 2.59 bits per heavy atom. The molecule has 150 valence electrons. The second kappa shape index (κ2) is 10.6. The topological polar surface area (TPSA) is 60.0 Å². The molecule has 0 aliphatic carbocycles. The predicted octanol–water partition coefficient (Wildman–Crippen LogP) is 2.20. The van der Waals surface area contributed by atoms with Crippen LogP contribution in [0.3, 0.4) is 0 Å². The van der Waals surface area contributed by atoms with E-state index in [1.54, 1.807) is 6.07 Å². The number of carbonyl (C=O) groups excluding carboxylic acids is 1. The summed E-state index contributed by atoms with van der Waals surface area (Å²) < 4.78 is 14.1. The number of benzene rings is 1. The van der Waals surface area contributed by atoms with Crippen molar-refractivity contribution in [3.63, 3.8) is 0 Å². The second-order valence-corrected chi connectivity index (χ2v) is 7.76. The number of nitrogens with one attached hydrogen (secondary N) is 2. The Bertz CT molecular complexity index is 660. The molecule has 0 radical (unpaired) electrons. The Hall–Kier alpha value is -1.67. The fourth-order valence-electron chi connectivity index (χ4n) is 2.92. The zero-order valence-corrected chi connectivity index (χ0v) is 17.9. The first-order chi connectivity index (χ1) is 12.9. The van der Waals surface area contributed by atoms with Crippen LogP contribution in [0.1, 0.15) is 26.3 Å². The molecule has 1 aromatic rings. The number of guanidine groups is 1. The van der Waals surface area contributed by atoms with Crippen LogP contribution < -0.4 is 10.6 Å². The number of carbonyl (C=O) groups is 1. The number of hydrogen-bond donors (Lipinski definition) is 2. The van der Waals surface area contributed by atoms with Crippen molar-refractivity contribution in [1.29, 1.82) is 0 Å². The van der Waals surface area contributed by atoms with Crippen molar-refractivity contribution in [3.05, 3.63) is 34.1 Å². The van der Waals surface area contributed by atoms with Crippen molar-refractivity contribution in [1.82, 2.24) is 20.4 Å². The first kappa shape index (κ1) is 21.6. The summed E-state index contributed by atoms with van der Waals surface area (Å²) in [6.45, 7) is 10.8. The zero-order valence-electron chi connectivity index (χ0n) is 16.3. The van der Waals surface area contributed by atoms with Gasteiger partial charge in [-0.2, -0.15) is 0 Å². The van der Waals surface area contributed by atoms with E-state index < -0.39 is 0 Å². The third kappa shape index (κ3) is 7.10. The van der Waals surface area contributed by atoms with Gasteiger partial charge in [0.05, 0.1) is 17.6 Å². The molecule has 2 rings (SSSR count). The van der Waals surface area contributed by atoms with Crippen LogP contribution in [0.5, 0.6) is 0 Å². The molecule has 2 N–H and O–H groups in total. The number of aliphatic imine (C=N–C) groups is 1. The SMILES string of the molecule is CCNC(=NCc1ccc(Br)c(F)c1)N1CCN(CC(=O)NC(C)C)CC1. The van der Waals surface area contributed by atoms with Crippen LogP contribution in [0.15, 0.2) is 27.7 Å². The van der Waals surface area contributed by atoms with E-state index in [0.717, 1.165) is 44.2 Å². The van der Waals surface area contributed by atoms with Gasteiger partial charge in [-0.1, -0.05) is 6.07 Å². The molecule has 1 saturated heterocycles. The predicted molar refractivity (Wildman–Crippen MR) is 110 cm³/mol. The van der Waals surface area contributed by atoms with E-state index >= 15 is 0 Å². The van der Waals surface area contributed by atoms with E-state index in [0.29, 0.717) is 17.6 Å². The average molecular weight is 442 g/mol. The molecule has 1 aromatic carbocycles. The molecule has 1 heterocycles. The molecule has 8 heteroatoms. The maximum atomic E-state index is 13.7. The third-order valence-corrected chi connectivity index (χ3v) is 4.86. The van der Waals surface area contributed by atoms with Gasteiger partial charge in [0.15, 0.2) is 5.96 Å². The van der Waals surface area contributed by atoms with Gasteiger partial charge < -0.3 is 15.5 Å². The Kier molecular flexibility index (Phi) is 8.50. The molecule has 0 unspecified atom stereocenters. The quantitative estimate of drug-likeness (QED) is 0.524. The summed E-state index contributed by atoms with van der Waals surface area (Å²) in [5.74, 6) is 0.615. The number of amides is 1. The second-order valence-electron chi connectivity index (χ2n) is 6.90. The molecule has 6 nitrogen and oxygen atoms in total. The molecule has 1 aliphatic heterocycles. The molecule has 0 saturated carbocycles. The lowest BCUT2D eigenvalue weighted by Gasteiger charge is -2.36. The number of rotatable bonds is 6. The van der Waals surface area contributed by atoms with Crippen LogP contribution >= 0.6 is 15.9 Å². The van der Waals surface area contributed by atoms with E-state index in [1.807, 2.05) is 26.8 Å². The first-order valence-electron chi connectivity index (χ1n) is 9.38. The van der Waals surface area contributed by atoms with Crippen LogP contribution in [0.4, 0.5) is 4.39 Å². The van der Waals surface area contributed by atoms with E-state index in [-0.39, 0.29) is 17.8 Å². The molecule has 1 fully saturated rings. The van der Waals surface area contributed by atoms with Gasteiger partial charge in [0.2, 0.25) is 5.91 Å². The lowest BCUT2D eigenvalue weighted by Crippen LogP contribution is -2.54. The summed E-state index contributed by atoms with van der Waals surface area (Å²) in [6.07, 6.45) is 0. The van der Waals surface area contributed by atoms with Gasteiger partial charge in [-0.25, -0.2) is 9.38 Å². The van der Waals surface area contributed by atoms with E-state index in [2.05, 4.69) is 41.4 Å². The Balaban J connectivity index is 1.91. The van der Waals surface area contributed by atoms with E-state index in [4.69, 9.17) is 0 Å². The van der Waals surface area contributed by atoms with Gasteiger partial charge in [-0.15, -0.1) is 0 Å². The monoisotopic (exact) mass is 441 g/mol. The van der Waals surface area contributed by atoms with Gasteiger partial charge >= 0.3 is 0 Å². The highest BCUT2D eigenvalue weighted by Gasteiger charge is 2.21. The van der Waals surface area contributed by atoms with Crippen molar-refractivity contribution in [2.45, 2.75) is 33.4 Å². The molecular formula is C19H29BrFN5O. The molecule has 0 bridgehead atoms. The number of hydrogen-bond acceptors (Lipinski definition) is 3. The van der Waals surface area contributed by atoms with Gasteiger partial charge in [-0.3, -0.25) is 9.69 Å². The molecule has 0 atom stereocenters. The Morgan fingerprint density at radius 1 is 1.30 bits per heavy atom. The van der Waals surface area contributed by atoms with E-state index in [9.17, 15) is 9.18 Å². The number of nitrogens with zero attached hydrogens (tertiary/aromatic N) is 3. The van der Waals surface area contributed by atoms with Crippen molar-refractivity contribution in [2.75, 3.05) is 39.3 Å². The minimum Gasteiger partial charge on any atom is -0.357 e. The highest BCUT2D eigenvalue weighted by atomic mass is 79.9. The lowest BCUT2D eigenvalue weighted by molar-refractivity contribution is -0.123. The molecule has 1 amide bonds. The number of piperazine rings is 1. The van der Waals surface area contributed by atoms with Crippen LogP contribution in [0.25, 0.3) is 0 Å². The zero-order chi connectivity index (χ0) is 19.8. The summed E-state index contributed by atoms with van der Waals surface area (Å²) >= 11 is 3.17. The van der Waals surface area contributed by atoms with Crippen LogP contribution in [0, 0.1) is 5.82 Å². The highest BCUT2D eigenvalue weighted by Crippen LogP contribution is 2.17. The minimum atomic E-state index is -0.277. The standard InChI is InChI=1S/C19H29BrFN5O/c1-4-22-19(23-12-15-5-6-16(20)17(21)11-15)26-9-7-25(8-10-26)13-18(27)24-14(2)3/h5-6,11,14H,4,7-10,12-13H2,1-3H3,(H,22,23)(H,24,27). The van der Waals surface area contributed by atoms with Crippen molar-refractivity contribution < 1.29 is 9.18 Å². The maximum Gasteiger partial charge on any atom is 0.234 e. The van der Waals surface area contributed by atoms with E-state index in [1.165, 1.54) is 6.07 Å². The van der Waals surface area contributed by atoms with Crippen LogP contribution in [-0.4, -0.2) is 67.0 Å². The van der Waals surface area contributed by atoms with Crippen LogP contribution in [-0.2, 0) is 11.3 Å². The summed E-state index contributed by atoms with van der Waals surface area (Å²) in [5, 5.41) is 6.23. The molecule has 0 aromatic heterocycles. The summed E-state index contributed by atoms with van der Waals surface area (Å²) in [7, 11) is 0. The smallest absolute Gasteiger partial charge is 0.234 e. The Labute approximate surface area is 169 Å². The van der Waals surface area contributed by atoms with Crippen molar-refractivity contribution in [2.24, 2.45) is 4.99 Å². The molecular weight excluding hydrogens is 413 g/mol. The largest absolute Gasteiger partial charge is 0.357 e. The minimum absolute atomic E-state index is 0.0660. The van der Waals surface area contributed by atoms with Crippen LogP contribution in [0.2, 0.25) is 0 Å². The highest BCUT2D eigenvalue weighted by molar-refractivity contribution is 9.10. The lowest BCUT2D eigenvalue weighted by atomic mass is 10.2. The van der Waals surface area contributed by atoms with Gasteiger partial charge in [0.25, 0.3) is 0 Å². The normalized spacial score (nSPS) is 15.9. The summed E-state index contributed by atoms with van der Waals surface area (Å²) in [4.78, 5) is 20.9. The summed E-state index contributed by atoms with van der Waals surface area (Å²) in [5.41, 5.74) is 0.829. The average Bonchev–Trinajstić information content (AvgIpc) is 2.61. The molecule has 1 aliphatic rings. The van der Waals surface area contributed by atoms with Gasteiger partial charge in [0, 0.05) is 38.8 Å². The Morgan fingerprint density at radius 2 is 2.00 bits per heavy atom. The number of halogens is 2.